The molecule has 2 aromatic carbocycles. The van der Waals surface area contributed by atoms with E-state index in [0.717, 1.165) is 5.56 Å². The molecule has 0 aliphatic carbocycles. The number of sulfonamides is 1. The molecule has 0 atom stereocenters. The van der Waals surface area contributed by atoms with Gasteiger partial charge in [0.25, 0.3) is 15.9 Å². The van der Waals surface area contributed by atoms with E-state index in [1.54, 1.807) is 61.6 Å². The van der Waals surface area contributed by atoms with Crippen molar-refractivity contribution in [2.24, 2.45) is 0 Å². The van der Waals surface area contributed by atoms with Gasteiger partial charge in [-0.1, -0.05) is 29.3 Å². The molecular weight excluding hydrogens is 412 g/mol. The van der Waals surface area contributed by atoms with Crippen LogP contribution < -0.4 is 15.4 Å². The lowest BCUT2D eigenvalue weighted by atomic mass is 10.2. The fourth-order valence-electron chi connectivity index (χ4n) is 2.51. The van der Waals surface area contributed by atoms with Crippen LogP contribution >= 0.6 is 11.6 Å². The second-order valence-electron chi connectivity index (χ2n) is 6.26. The number of carbonyl (C=O) groups excluding carboxylic acids is 1. The van der Waals surface area contributed by atoms with Gasteiger partial charge < -0.3 is 10.6 Å². The number of carbonyl (C=O) groups is 1. The van der Waals surface area contributed by atoms with Crippen molar-refractivity contribution in [3.8, 4) is 0 Å². The van der Waals surface area contributed by atoms with Gasteiger partial charge in [-0.05, 0) is 55.5 Å². The molecule has 3 rings (SSSR count). The Balaban J connectivity index is 1.71. The number of aromatic nitrogens is 1. The number of nitrogens with zero attached hydrogens (tertiary/aromatic N) is 1. The molecule has 3 N–H and O–H groups in total. The third-order valence-electron chi connectivity index (χ3n) is 4.04. The van der Waals surface area contributed by atoms with Crippen LogP contribution in [0.15, 0.2) is 65.6 Å². The Morgan fingerprint density at radius 2 is 1.59 bits per heavy atom. The van der Waals surface area contributed by atoms with E-state index in [1.807, 2.05) is 6.92 Å². The maximum absolute atomic E-state index is 12.4. The van der Waals surface area contributed by atoms with E-state index >= 15 is 0 Å². The van der Waals surface area contributed by atoms with E-state index in [-0.39, 0.29) is 16.0 Å². The standard InChI is InChI=1S/C20H19ClN4O3S/c1-13-3-9-17(10-4-13)29(27,28)25-16-7-5-15(6-8-16)23-20(26)14-11-18(21)24-19(12-14)22-2/h3-12,25H,1-2H3,(H,22,24)(H,23,26). The maximum Gasteiger partial charge on any atom is 0.261 e. The zero-order chi connectivity index (χ0) is 21.0. The van der Waals surface area contributed by atoms with Gasteiger partial charge in [0.1, 0.15) is 11.0 Å². The van der Waals surface area contributed by atoms with E-state index in [4.69, 9.17) is 11.6 Å². The SMILES string of the molecule is CNc1cc(C(=O)Nc2ccc(NS(=O)(=O)c3ccc(C)cc3)cc2)cc(Cl)n1. The molecule has 0 saturated carbocycles. The van der Waals surface area contributed by atoms with Crippen molar-refractivity contribution in [2.75, 3.05) is 22.4 Å². The Labute approximate surface area is 174 Å². The van der Waals surface area contributed by atoms with Gasteiger partial charge in [0.15, 0.2) is 0 Å². The first kappa shape index (κ1) is 20.6. The first-order valence-electron chi connectivity index (χ1n) is 8.63. The van der Waals surface area contributed by atoms with Crippen LogP contribution in [0.25, 0.3) is 0 Å². The Kier molecular flexibility index (Phi) is 6.05. The van der Waals surface area contributed by atoms with Crippen molar-refractivity contribution in [3.63, 3.8) is 0 Å². The highest BCUT2D eigenvalue weighted by atomic mass is 35.5. The van der Waals surface area contributed by atoms with E-state index in [2.05, 4.69) is 20.3 Å². The summed E-state index contributed by atoms with van der Waals surface area (Å²) in [6.45, 7) is 1.89. The van der Waals surface area contributed by atoms with Crippen LogP contribution in [0.1, 0.15) is 15.9 Å². The lowest BCUT2D eigenvalue weighted by Gasteiger charge is -2.10. The quantitative estimate of drug-likeness (QED) is 0.510. The highest BCUT2D eigenvalue weighted by molar-refractivity contribution is 7.92. The van der Waals surface area contributed by atoms with Gasteiger partial charge in [0.2, 0.25) is 0 Å². The van der Waals surface area contributed by atoms with Crippen LogP contribution in [0, 0.1) is 6.92 Å². The van der Waals surface area contributed by atoms with Crippen LogP contribution in [0.3, 0.4) is 0 Å². The van der Waals surface area contributed by atoms with Crippen LogP contribution in [-0.2, 0) is 10.0 Å². The summed E-state index contributed by atoms with van der Waals surface area (Å²) in [7, 11) is -2.01. The van der Waals surface area contributed by atoms with E-state index in [1.165, 1.54) is 6.07 Å². The molecular formula is C20H19ClN4O3S. The summed E-state index contributed by atoms with van der Waals surface area (Å²) in [4.78, 5) is 16.6. The Hall–Kier alpha value is -3.10. The lowest BCUT2D eigenvalue weighted by molar-refractivity contribution is 0.102. The molecule has 0 bridgehead atoms. The lowest BCUT2D eigenvalue weighted by Crippen LogP contribution is -2.14. The van der Waals surface area contributed by atoms with Crippen molar-refractivity contribution >= 4 is 44.7 Å². The zero-order valence-corrected chi connectivity index (χ0v) is 17.3. The molecule has 0 radical (unpaired) electrons. The molecule has 0 saturated heterocycles. The molecule has 7 nitrogen and oxygen atoms in total. The molecule has 0 fully saturated rings. The predicted molar refractivity (Wildman–Crippen MR) is 115 cm³/mol. The molecule has 1 heterocycles. The molecule has 0 unspecified atom stereocenters. The summed E-state index contributed by atoms with van der Waals surface area (Å²) < 4.78 is 27.4. The minimum atomic E-state index is -3.69. The Morgan fingerprint density at radius 1 is 0.966 bits per heavy atom. The number of halogens is 1. The zero-order valence-electron chi connectivity index (χ0n) is 15.7. The summed E-state index contributed by atoms with van der Waals surface area (Å²) >= 11 is 5.92. The summed E-state index contributed by atoms with van der Waals surface area (Å²) in [5.41, 5.74) is 2.21. The number of amides is 1. The molecule has 9 heteroatoms. The summed E-state index contributed by atoms with van der Waals surface area (Å²) in [6.07, 6.45) is 0. The van der Waals surface area contributed by atoms with Crippen molar-refractivity contribution in [3.05, 3.63) is 76.9 Å². The third-order valence-corrected chi connectivity index (χ3v) is 5.63. The third kappa shape index (κ3) is 5.24. The van der Waals surface area contributed by atoms with Crippen molar-refractivity contribution in [2.45, 2.75) is 11.8 Å². The fourth-order valence-corrected chi connectivity index (χ4v) is 3.78. The van der Waals surface area contributed by atoms with E-state index < -0.39 is 10.0 Å². The Morgan fingerprint density at radius 3 is 2.21 bits per heavy atom. The smallest absolute Gasteiger partial charge is 0.261 e. The monoisotopic (exact) mass is 430 g/mol. The molecule has 1 amide bonds. The minimum absolute atomic E-state index is 0.176. The molecule has 1 aromatic heterocycles. The van der Waals surface area contributed by atoms with Gasteiger partial charge >= 0.3 is 0 Å². The number of benzene rings is 2. The number of aryl methyl sites for hydroxylation is 1. The summed E-state index contributed by atoms with van der Waals surface area (Å²) in [5, 5.41) is 5.76. The van der Waals surface area contributed by atoms with Gasteiger partial charge in [-0.15, -0.1) is 0 Å². The van der Waals surface area contributed by atoms with Crippen LogP contribution in [0.4, 0.5) is 17.2 Å². The van der Waals surface area contributed by atoms with Crippen molar-refractivity contribution in [1.82, 2.24) is 4.98 Å². The normalized spacial score (nSPS) is 11.0. The number of rotatable bonds is 6. The van der Waals surface area contributed by atoms with Gasteiger partial charge in [-0.2, -0.15) is 0 Å². The van der Waals surface area contributed by atoms with E-state index in [0.29, 0.717) is 22.8 Å². The summed E-state index contributed by atoms with van der Waals surface area (Å²) in [6, 6.07) is 15.9. The predicted octanol–water partition coefficient (Wildman–Crippen LogP) is 4.14. The highest BCUT2D eigenvalue weighted by Crippen LogP contribution is 2.20. The molecule has 150 valence electrons. The summed E-state index contributed by atoms with van der Waals surface area (Å²) in [5.74, 6) is 0.113. The molecule has 0 aliphatic rings. The largest absolute Gasteiger partial charge is 0.373 e. The second-order valence-corrected chi connectivity index (χ2v) is 8.33. The van der Waals surface area contributed by atoms with Gasteiger partial charge in [0, 0.05) is 24.0 Å². The fraction of sp³-hybridized carbons (Fsp3) is 0.100. The van der Waals surface area contributed by atoms with Crippen molar-refractivity contribution in [1.29, 1.82) is 0 Å². The van der Waals surface area contributed by atoms with Crippen LogP contribution in [-0.4, -0.2) is 26.4 Å². The number of nitrogens with one attached hydrogen (secondary N) is 3. The molecule has 3 aromatic rings. The molecule has 0 spiro atoms. The van der Waals surface area contributed by atoms with Crippen LogP contribution in [0.2, 0.25) is 5.15 Å². The van der Waals surface area contributed by atoms with Gasteiger partial charge in [0.05, 0.1) is 4.90 Å². The molecule has 29 heavy (non-hydrogen) atoms. The van der Waals surface area contributed by atoms with Gasteiger partial charge in [-0.25, -0.2) is 13.4 Å². The number of anilines is 3. The number of hydrogen-bond donors (Lipinski definition) is 3. The number of hydrogen-bond acceptors (Lipinski definition) is 5. The van der Waals surface area contributed by atoms with Crippen LogP contribution in [0.5, 0.6) is 0 Å². The first-order valence-corrected chi connectivity index (χ1v) is 10.5. The van der Waals surface area contributed by atoms with Crippen molar-refractivity contribution < 1.29 is 13.2 Å². The van der Waals surface area contributed by atoms with E-state index in [9.17, 15) is 13.2 Å². The average molecular weight is 431 g/mol. The molecule has 0 aliphatic heterocycles. The highest BCUT2D eigenvalue weighted by Gasteiger charge is 2.14. The second kappa shape index (κ2) is 8.50. The van der Waals surface area contributed by atoms with Gasteiger partial charge in [-0.3, -0.25) is 9.52 Å². The number of pyridine rings is 1. The Bertz CT molecular complexity index is 1130. The first-order chi connectivity index (χ1) is 13.8. The topological polar surface area (TPSA) is 100 Å². The maximum atomic E-state index is 12.4. The average Bonchev–Trinajstić information content (AvgIpc) is 2.69. The minimum Gasteiger partial charge on any atom is -0.373 e.